The molecule has 0 saturated heterocycles. The van der Waals surface area contributed by atoms with Gasteiger partial charge in [-0.2, -0.15) is 0 Å². The molecule has 126 valence electrons. The fourth-order valence-corrected chi connectivity index (χ4v) is 3.21. The number of nitrogens with one attached hydrogen (secondary N) is 1. The van der Waals surface area contributed by atoms with Crippen molar-refractivity contribution < 1.29 is 14.3 Å². The van der Waals surface area contributed by atoms with Crippen molar-refractivity contribution in [2.45, 2.75) is 11.3 Å². The summed E-state index contributed by atoms with van der Waals surface area (Å²) in [7, 11) is 0. The van der Waals surface area contributed by atoms with Crippen LogP contribution in [-0.4, -0.2) is 30.8 Å². The summed E-state index contributed by atoms with van der Waals surface area (Å²) in [4.78, 5) is 24.8. The summed E-state index contributed by atoms with van der Waals surface area (Å²) >= 11 is 5.03. The van der Waals surface area contributed by atoms with Gasteiger partial charge >= 0.3 is 5.97 Å². The lowest BCUT2D eigenvalue weighted by molar-refractivity contribution is -0.124. The van der Waals surface area contributed by atoms with E-state index in [0.29, 0.717) is 16.6 Å². The van der Waals surface area contributed by atoms with Crippen LogP contribution >= 0.6 is 27.7 Å². The molecule has 0 heterocycles. The third kappa shape index (κ3) is 6.37. The highest BCUT2D eigenvalue weighted by Crippen LogP contribution is 2.17. The summed E-state index contributed by atoms with van der Waals surface area (Å²) in [6.45, 7) is 0.289. The Bertz CT molecular complexity index is 679. The summed E-state index contributed by atoms with van der Waals surface area (Å²) in [5.74, 6) is 0.110. The molecule has 0 aliphatic carbocycles. The Morgan fingerprint density at radius 1 is 1.04 bits per heavy atom. The Hall–Kier alpha value is -1.79. The Morgan fingerprint density at radius 3 is 2.50 bits per heavy atom. The third-order valence-electron chi connectivity index (χ3n) is 3.08. The number of thioether (sulfide) groups is 1. The Kier molecular flexibility index (Phi) is 7.85. The monoisotopic (exact) mass is 407 g/mol. The summed E-state index contributed by atoms with van der Waals surface area (Å²) in [6, 6.07) is 17.1. The van der Waals surface area contributed by atoms with Crippen LogP contribution in [0.1, 0.15) is 16.8 Å². The predicted octanol–water partition coefficient (Wildman–Crippen LogP) is 3.90. The molecule has 1 amide bonds. The van der Waals surface area contributed by atoms with E-state index in [4.69, 9.17) is 4.74 Å². The maximum absolute atomic E-state index is 11.9. The van der Waals surface area contributed by atoms with Crippen molar-refractivity contribution in [3.05, 3.63) is 64.6 Å². The fraction of sp³-hybridized carbons (Fsp3) is 0.222. The van der Waals surface area contributed by atoms with Crippen molar-refractivity contribution >= 4 is 39.6 Å². The molecule has 2 rings (SSSR count). The quantitative estimate of drug-likeness (QED) is 0.409. The highest BCUT2D eigenvalue weighted by Gasteiger charge is 2.12. The van der Waals surface area contributed by atoms with Gasteiger partial charge in [-0.15, -0.1) is 11.8 Å². The first-order valence-electron chi connectivity index (χ1n) is 7.53. The molecule has 0 aliphatic rings. The van der Waals surface area contributed by atoms with Gasteiger partial charge in [0.25, 0.3) is 5.91 Å². The van der Waals surface area contributed by atoms with Gasteiger partial charge in [-0.3, -0.25) is 4.79 Å². The van der Waals surface area contributed by atoms with Crippen molar-refractivity contribution in [1.29, 1.82) is 0 Å². The van der Waals surface area contributed by atoms with Gasteiger partial charge in [0.05, 0.1) is 5.56 Å². The van der Waals surface area contributed by atoms with E-state index in [1.165, 1.54) is 4.90 Å². The van der Waals surface area contributed by atoms with E-state index in [0.717, 1.165) is 12.2 Å². The SMILES string of the molecule is O=C(COC(=O)c1ccccc1Br)NCCCSc1ccccc1. The number of amides is 1. The van der Waals surface area contributed by atoms with Crippen LogP contribution in [0, 0.1) is 0 Å². The average molecular weight is 408 g/mol. The number of hydrogen-bond donors (Lipinski definition) is 1. The lowest BCUT2D eigenvalue weighted by Gasteiger charge is -2.07. The zero-order valence-corrected chi connectivity index (χ0v) is 15.4. The molecular weight excluding hydrogens is 390 g/mol. The maximum Gasteiger partial charge on any atom is 0.339 e. The molecule has 2 aromatic rings. The Balaban J connectivity index is 1.60. The lowest BCUT2D eigenvalue weighted by Crippen LogP contribution is -2.29. The van der Waals surface area contributed by atoms with Crippen LogP contribution in [0.2, 0.25) is 0 Å². The van der Waals surface area contributed by atoms with E-state index in [-0.39, 0.29) is 12.5 Å². The largest absolute Gasteiger partial charge is 0.452 e. The van der Waals surface area contributed by atoms with Gasteiger partial charge in [-0.1, -0.05) is 30.3 Å². The summed E-state index contributed by atoms with van der Waals surface area (Å²) in [5, 5.41) is 2.75. The minimum atomic E-state index is -0.516. The second-order valence-corrected chi connectivity index (χ2v) is 6.94. The topological polar surface area (TPSA) is 55.4 Å². The Morgan fingerprint density at radius 2 is 1.75 bits per heavy atom. The molecule has 0 saturated carbocycles. The van der Waals surface area contributed by atoms with Crippen molar-refractivity contribution in [3.8, 4) is 0 Å². The number of rotatable bonds is 8. The third-order valence-corrected chi connectivity index (χ3v) is 4.87. The highest BCUT2D eigenvalue weighted by molar-refractivity contribution is 9.10. The molecule has 1 N–H and O–H groups in total. The van der Waals surface area contributed by atoms with Crippen LogP contribution in [0.4, 0.5) is 0 Å². The van der Waals surface area contributed by atoms with E-state index in [1.807, 2.05) is 18.2 Å². The first-order chi connectivity index (χ1) is 11.7. The van der Waals surface area contributed by atoms with Gasteiger partial charge in [-0.25, -0.2) is 4.79 Å². The standard InChI is InChI=1S/C18H18BrNO3S/c19-16-10-5-4-9-15(16)18(22)23-13-17(21)20-11-6-12-24-14-7-2-1-3-8-14/h1-5,7-10H,6,11-13H2,(H,20,21). The van der Waals surface area contributed by atoms with Crippen LogP contribution in [-0.2, 0) is 9.53 Å². The summed E-state index contributed by atoms with van der Waals surface area (Å²) < 4.78 is 5.66. The number of benzene rings is 2. The zero-order chi connectivity index (χ0) is 17.2. The average Bonchev–Trinajstić information content (AvgIpc) is 2.60. The van der Waals surface area contributed by atoms with E-state index >= 15 is 0 Å². The molecule has 0 bridgehead atoms. The maximum atomic E-state index is 11.9. The van der Waals surface area contributed by atoms with Gasteiger partial charge in [-0.05, 0) is 52.4 Å². The molecule has 6 heteroatoms. The van der Waals surface area contributed by atoms with Crippen LogP contribution in [0.3, 0.4) is 0 Å². The van der Waals surface area contributed by atoms with E-state index in [2.05, 4.69) is 33.4 Å². The summed E-state index contributed by atoms with van der Waals surface area (Å²) in [5.41, 5.74) is 0.407. The van der Waals surface area contributed by atoms with Gasteiger partial charge in [0, 0.05) is 15.9 Å². The van der Waals surface area contributed by atoms with Gasteiger partial charge in [0.1, 0.15) is 0 Å². The van der Waals surface area contributed by atoms with Gasteiger partial charge < -0.3 is 10.1 Å². The molecule has 0 spiro atoms. The first kappa shape index (κ1) is 18.5. The molecule has 0 aromatic heterocycles. The normalized spacial score (nSPS) is 10.2. The van der Waals surface area contributed by atoms with Crippen LogP contribution in [0.15, 0.2) is 64.0 Å². The predicted molar refractivity (Wildman–Crippen MR) is 99.2 cm³/mol. The number of carbonyl (C=O) groups excluding carboxylic acids is 2. The first-order valence-corrected chi connectivity index (χ1v) is 9.31. The molecule has 0 fully saturated rings. The number of esters is 1. The fourth-order valence-electron chi connectivity index (χ4n) is 1.89. The van der Waals surface area contributed by atoms with E-state index < -0.39 is 5.97 Å². The molecule has 24 heavy (non-hydrogen) atoms. The smallest absolute Gasteiger partial charge is 0.339 e. The second kappa shape index (κ2) is 10.2. The molecule has 4 nitrogen and oxygen atoms in total. The van der Waals surface area contributed by atoms with Crippen molar-refractivity contribution in [2.24, 2.45) is 0 Å². The molecule has 0 unspecified atom stereocenters. The van der Waals surface area contributed by atoms with E-state index in [9.17, 15) is 9.59 Å². The molecule has 0 aliphatic heterocycles. The minimum Gasteiger partial charge on any atom is -0.452 e. The van der Waals surface area contributed by atoms with E-state index in [1.54, 1.807) is 36.0 Å². The van der Waals surface area contributed by atoms with Crippen molar-refractivity contribution in [3.63, 3.8) is 0 Å². The lowest BCUT2D eigenvalue weighted by atomic mass is 10.2. The molecule has 2 aromatic carbocycles. The number of ether oxygens (including phenoxy) is 1. The second-order valence-electron chi connectivity index (χ2n) is 4.92. The molecule has 0 radical (unpaired) electrons. The van der Waals surface area contributed by atoms with Crippen LogP contribution in [0.5, 0.6) is 0 Å². The van der Waals surface area contributed by atoms with Gasteiger partial charge in [0.15, 0.2) is 6.61 Å². The molecular formula is C18H18BrNO3S. The number of carbonyl (C=O) groups is 2. The van der Waals surface area contributed by atoms with Crippen molar-refractivity contribution in [2.75, 3.05) is 18.9 Å². The minimum absolute atomic E-state index is 0.272. The zero-order valence-electron chi connectivity index (χ0n) is 13.0. The Labute approximate surface area is 154 Å². The highest BCUT2D eigenvalue weighted by atomic mass is 79.9. The number of hydrogen-bond acceptors (Lipinski definition) is 4. The molecule has 0 atom stereocenters. The summed E-state index contributed by atoms with van der Waals surface area (Å²) in [6.07, 6.45) is 0.851. The van der Waals surface area contributed by atoms with Crippen LogP contribution in [0.25, 0.3) is 0 Å². The van der Waals surface area contributed by atoms with Crippen molar-refractivity contribution in [1.82, 2.24) is 5.32 Å². The van der Waals surface area contributed by atoms with Crippen LogP contribution < -0.4 is 5.32 Å². The number of halogens is 1. The van der Waals surface area contributed by atoms with Gasteiger partial charge in [0.2, 0.25) is 0 Å².